The first-order chi connectivity index (χ1) is 12.2. The minimum atomic E-state index is -0.111. The van der Waals surface area contributed by atoms with Gasteiger partial charge in [-0.25, -0.2) is 4.98 Å². The quantitative estimate of drug-likeness (QED) is 0.790. The second-order valence-electron chi connectivity index (χ2n) is 6.22. The van der Waals surface area contributed by atoms with Crippen molar-refractivity contribution >= 4 is 10.9 Å². The van der Waals surface area contributed by atoms with E-state index in [0.717, 1.165) is 11.5 Å². The van der Waals surface area contributed by atoms with E-state index < -0.39 is 0 Å². The molecule has 4 rings (SSSR count). The summed E-state index contributed by atoms with van der Waals surface area (Å²) in [6, 6.07) is 15.0. The highest BCUT2D eigenvalue weighted by atomic mass is 16.6. The molecule has 1 unspecified atom stereocenters. The van der Waals surface area contributed by atoms with Crippen LogP contribution in [0.25, 0.3) is 10.9 Å². The molecule has 1 aliphatic heterocycles. The summed E-state index contributed by atoms with van der Waals surface area (Å²) in [4.78, 5) is 21.6. The van der Waals surface area contributed by atoms with Gasteiger partial charge in [-0.15, -0.1) is 0 Å². The van der Waals surface area contributed by atoms with Gasteiger partial charge < -0.3 is 14.5 Å². The number of hydrogen-bond donors (Lipinski definition) is 1. The Morgan fingerprint density at radius 1 is 1.16 bits per heavy atom. The van der Waals surface area contributed by atoms with E-state index in [4.69, 9.17) is 9.47 Å². The number of benzene rings is 2. The number of likely N-dealkylation sites (N-methyl/N-ethyl adjacent to an activating group) is 1. The van der Waals surface area contributed by atoms with Gasteiger partial charge in [-0.3, -0.25) is 9.69 Å². The smallest absolute Gasteiger partial charge is 0.258 e. The number of rotatable bonds is 4. The summed E-state index contributed by atoms with van der Waals surface area (Å²) in [6.45, 7) is 1.70. The molecule has 6 heteroatoms. The number of ether oxygens (including phenoxy) is 2. The Balaban J connectivity index is 1.44. The third kappa shape index (κ3) is 3.34. The van der Waals surface area contributed by atoms with Crippen LogP contribution >= 0.6 is 0 Å². The molecule has 0 saturated carbocycles. The summed E-state index contributed by atoms with van der Waals surface area (Å²) >= 11 is 0. The van der Waals surface area contributed by atoms with Gasteiger partial charge in [0.15, 0.2) is 11.5 Å². The molecule has 6 nitrogen and oxygen atoms in total. The Labute approximate surface area is 145 Å². The molecule has 25 heavy (non-hydrogen) atoms. The molecule has 2 aromatic carbocycles. The lowest BCUT2D eigenvalue weighted by atomic mass is 10.2. The van der Waals surface area contributed by atoms with Crippen molar-refractivity contribution in [3.05, 3.63) is 64.7 Å². The Morgan fingerprint density at radius 2 is 1.92 bits per heavy atom. The number of H-pyrrole nitrogens is 1. The van der Waals surface area contributed by atoms with Crippen molar-refractivity contribution in [3.63, 3.8) is 0 Å². The molecule has 0 saturated heterocycles. The molecule has 1 N–H and O–H groups in total. The van der Waals surface area contributed by atoms with E-state index in [9.17, 15) is 4.79 Å². The molecule has 1 aliphatic rings. The van der Waals surface area contributed by atoms with Gasteiger partial charge in [0, 0.05) is 6.54 Å². The molecule has 0 aliphatic carbocycles. The molecule has 128 valence electrons. The summed E-state index contributed by atoms with van der Waals surface area (Å²) in [6.07, 6.45) is -0.0629. The van der Waals surface area contributed by atoms with E-state index in [1.54, 1.807) is 6.07 Å². The van der Waals surface area contributed by atoms with Crippen LogP contribution in [0.5, 0.6) is 11.5 Å². The summed E-state index contributed by atoms with van der Waals surface area (Å²) < 4.78 is 11.7. The Kier molecular flexibility index (Phi) is 4.11. The topological polar surface area (TPSA) is 67.5 Å². The highest BCUT2D eigenvalue weighted by Crippen LogP contribution is 2.30. The van der Waals surface area contributed by atoms with E-state index in [1.807, 2.05) is 49.5 Å². The molecule has 0 fully saturated rings. The maximum Gasteiger partial charge on any atom is 0.258 e. The average Bonchev–Trinajstić information content (AvgIpc) is 2.61. The van der Waals surface area contributed by atoms with Crippen LogP contribution in [0, 0.1) is 0 Å². The first-order valence-electron chi connectivity index (χ1n) is 8.24. The second-order valence-corrected chi connectivity index (χ2v) is 6.22. The molecule has 0 spiro atoms. The zero-order valence-corrected chi connectivity index (χ0v) is 13.9. The first-order valence-corrected chi connectivity index (χ1v) is 8.24. The van der Waals surface area contributed by atoms with Gasteiger partial charge in [-0.1, -0.05) is 24.3 Å². The van der Waals surface area contributed by atoms with Gasteiger partial charge in [0.1, 0.15) is 18.5 Å². The van der Waals surface area contributed by atoms with E-state index in [0.29, 0.717) is 36.4 Å². The van der Waals surface area contributed by atoms with Crippen LogP contribution in [0.15, 0.2) is 53.3 Å². The fraction of sp³-hybridized carbons (Fsp3) is 0.263. The van der Waals surface area contributed by atoms with E-state index in [1.165, 1.54) is 0 Å². The van der Waals surface area contributed by atoms with Crippen LogP contribution in [0.3, 0.4) is 0 Å². The SMILES string of the molecule is CN(Cc1nc2ccccc2c(=O)[nH]1)CC1COc2ccccc2O1. The number of fused-ring (bicyclic) bond motifs is 2. The van der Waals surface area contributed by atoms with Crippen LogP contribution < -0.4 is 15.0 Å². The monoisotopic (exact) mass is 337 g/mol. The zero-order chi connectivity index (χ0) is 17.2. The lowest BCUT2D eigenvalue weighted by molar-refractivity contribution is 0.0632. The van der Waals surface area contributed by atoms with Crippen LogP contribution in [-0.2, 0) is 6.54 Å². The Morgan fingerprint density at radius 3 is 2.80 bits per heavy atom. The van der Waals surface area contributed by atoms with Crippen molar-refractivity contribution in [1.29, 1.82) is 0 Å². The van der Waals surface area contributed by atoms with Crippen molar-refractivity contribution in [2.45, 2.75) is 12.6 Å². The van der Waals surface area contributed by atoms with Crippen LogP contribution in [0.4, 0.5) is 0 Å². The highest BCUT2D eigenvalue weighted by molar-refractivity contribution is 5.77. The van der Waals surface area contributed by atoms with Gasteiger partial charge >= 0.3 is 0 Å². The predicted octanol–water partition coefficient (Wildman–Crippen LogP) is 2.19. The number of hydrogen-bond acceptors (Lipinski definition) is 5. The Hall–Kier alpha value is -2.86. The summed E-state index contributed by atoms with van der Waals surface area (Å²) in [5.41, 5.74) is 0.598. The fourth-order valence-electron chi connectivity index (χ4n) is 3.03. The van der Waals surface area contributed by atoms with Crippen LogP contribution in [0.2, 0.25) is 0 Å². The molecule has 1 atom stereocenters. The summed E-state index contributed by atoms with van der Waals surface area (Å²) in [5.74, 6) is 2.19. The maximum atomic E-state index is 12.1. The number of aromatic nitrogens is 2. The van der Waals surface area contributed by atoms with E-state index in [-0.39, 0.29) is 11.7 Å². The van der Waals surface area contributed by atoms with E-state index in [2.05, 4.69) is 14.9 Å². The number of para-hydroxylation sites is 3. The van der Waals surface area contributed by atoms with Gasteiger partial charge in [-0.2, -0.15) is 0 Å². The predicted molar refractivity (Wildman–Crippen MR) is 95.1 cm³/mol. The minimum absolute atomic E-state index is 0.0629. The van der Waals surface area contributed by atoms with Crippen LogP contribution in [0.1, 0.15) is 5.82 Å². The van der Waals surface area contributed by atoms with Gasteiger partial charge in [0.2, 0.25) is 0 Å². The molecule has 0 bridgehead atoms. The lowest BCUT2D eigenvalue weighted by Crippen LogP contribution is -2.39. The van der Waals surface area contributed by atoms with Gasteiger partial charge in [0.05, 0.1) is 17.4 Å². The lowest BCUT2D eigenvalue weighted by Gasteiger charge is -2.29. The fourth-order valence-corrected chi connectivity index (χ4v) is 3.03. The zero-order valence-electron chi connectivity index (χ0n) is 13.9. The third-order valence-electron chi connectivity index (χ3n) is 4.16. The summed E-state index contributed by atoms with van der Waals surface area (Å²) in [7, 11) is 1.97. The highest BCUT2D eigenvalue weighted by Gasteiger charge is 2.22. The normalized spacial score (nSPS) is 16.3. The third-order valence-corrected chi connectivity index (χ3v) is 4.16. The van der Waals surface area contributed by atoms with Gasteiger partial charge in [0.25, 0.3) is 5.56 Å². The Bertz CT molecular complexity index is 954. The molecular weight excluding hydrogens is 318 g/mol. The summed E-state index contributed by atoms with van der Waals surface area (Å²) in [5, 5.41) is 0.606. The van der Waals surface area contributed by atoms with E-state index >= 15 is 0 Å². The standard InChI is InChI=1S/C19H19N3O3/c1-22(10-13-12-24-16-8-4-5-9-17(16)25-13)11-18-20-15-7-3-2-6-14(15)19(23)21-18/h2-9,13H,10-12H2,1H3,(H,20,21,23). The molecule has 2 heterocycles. The van der Waals surface area contributed by atoms with Crippen molar-refractivity contribution in [3.8, 4) is 11.5 Å². The molecular formula is C19H19N3O3. The van der Waals surface area contributed by atoms with Crippen LogP contribution in [-0.4, -0.2) is 41.2 Å². The van der Waals surface area contributed by atoms with Crippen molar-refractivity contribution in [2.24, 2.45) is 0 Å². The number of nitrogens with zero attached hydrogens (tertiary/aromatic N) is 2. The number of nitrogens with one attached hydrogen (secondary N) is 1. The minimum Gasteiger partial charge on any atom is -0.486 e. The largest absolute Gasteiger partial charge is 0.486 e. The number of aromatic amines is 1. The first kappa shape index (κ1) is 15.7. The molecule has 0 amide bonds. The molecule has 0 radical (unpaired) electrons. The molecule has 1 aromatic heterocycles. The maximum absolute atomic E-state index is 12.1. The van der Waals surface area contributed by atoms with Crippen molar-refractivity contribution in [1.82, 2.24) is 14.9 Å². The second kappa shape index (κ2) is 6.57. The van der Waals surface area contributed by atoms with Gasteiger partial charge in [-0.05, 0) is 31.3 Å². The van der Waals surface area contributed by atoms with Crippen molar-refractivity contribution < 1.29 is 9.47 Å². The average molecular weight is 337 g/mol. The molecule has 3 aromatic rings. The van der Waals surface area contributed by atoms with Crippen molar-refractivity contribution in [2.75, 3.05) is 20.2 Å².